The summed E-state index contributed by atoms with van der Waals surface area (Å²) in [4.78, 5) is 16.9. The van der Waals surface area contributed by atoms with Crippen LogP contribution in [0.15, 0.2) is 36.4 Å². The predicted octanol–water partition coefficient (Wildman–Crippen LogP) is 3.88. The summed E-state index contributed by atoms with van der Waals surface area (Å²) in [6.07, 6.45) is 12.5. The molecule has 1 saturated carbocycles. The van der Waals surface area contributed by atoms with E-state index in [9.17, 15) is 9.90 Å². The summed E-state index contributed by atoms with van der Waals surface area (Å²) in [6, 6.07) is 3.58. The van der Waals surface area contributed by atoms with Gasteiger partial charge in [0.1, 0.15) is 0 Å². The topological polar surface area (TPSA) is 80.7 Å². The van der Waals surface area contributed by atoms with Crippen LogP contribution in [0.1, 0.15) is 51.9 Å². The summed E-state index contributed by atoms with van der Waals surface area (Å²) in [5.74, 6) is 0.986. The van der Waals surface area contributed by atoms with Crippen LogP contribution in [0.25, 0.3) is 0 Å². The molecule has 6 nitrogen and oxygen atoms in total. The average Bonchev–Trinajstić information content (AvgIpc) is 2.74. The minimum Gasteiger partial charge on any atom is -0.459 e. The molecule has 0 radical (unpaired) electrons. The third-order valence-electron chi connectivity index (χ3n) is 5.79. The second kappa shape index (κ2) is 10.6. The van der Waals surface area contributed by atoms with E-state index in [0.717, 1.165) is 6.42 Å². The zero-order valence-electron chi connectivity index (χ0n) is 16.7. The van der Waals surface area contributed by atoms with Gasteiger partial charge < -0.3 is 19.9 Å². The van der Waals surface area contributed by atoms with Crippen molar-refractivity contribution in [3.05, 3.63) is 36.4 Å². The molecular formula is C22H32N2O4. The summed E-state index contributed by atoms with van der Waals surface area (Å²) >= 11 is 0. The number of nitrogens with one attached hydrogen (secondary N) is 1. The first-order chi connectivity index (χ1) is 13.7. The van der Waals surface area contributed by atoms with E-state index in [0.29, 0.717) is 30.4 Å². The van der Waals surface area contributed by atoms with Crippen molar-refractivity contribution in [2.75, 3.05) is 18.5 Å². The molecule has 0 spiro atoms. The molecule has 0 aromatic carbocycles. The highest BCUT2D eigenvalue weighted by Crippen LogP contribution is 2.42. The third-order valence-corrected chi connectivity index (χ3v) is 5.79. The first-order valence-corrected chi connectivity index (χ1v) is 10.5. The Labute approximate surface area is 167 Å². The molecule has 2 aliphatic rings. The number of hydrogen-bond donors (Lipinski definition) is 2. The highest BCUT2D eigenvalue weighted by Gasteiger charge is 2.40. The van der Waals surface area contributed by atoms with Gasteiger partial charge in [-0.25, -0.2) is 0 Å². The number of anilines is 1. The van der Waals surface area contributed by atoms with Gasteiger partial charge in [0.05, 0.1) is 11.9 Å². The van der Waals surface area contributed by atoms with E-state index in [1.165, 1.54) is 32.1 Å². The minimum atomic E-state index is -0.455. The van der Waals surface area contributed by atoms with E-state index in [1.54, 1.807) is 24.5 Å². The van der Waals surface area contributed by atoms with Crippen LogP contribution in [0.5, 0.6) is 0 Å². The molecular weight excluding hydrogens is 356 g/mol. The number of aliphatic hydroxyl groups excluding tert-OH is 1. The Balaban J connectivity index is 1.83. The van der Waals surface area contributed by atoms with Crippen molar-refractivity contribution in [1.82, 2.24) is 4.98 Å². The molecule has 6 heteroatoms. The monoisotopic (exact) mass is 388 g/mol. The standard InChI is InChI=1S/C22H32N2O4/c1-2-27-22-18(11-7-13-25)19(16-8-4-3-5-9-16)14-20(28-22)21(26)24-17-10-6-12-23-15-17/h6,10,12,14-16,18-19,22,25H,2-5,7-9,11,13H2,1H3,(H,24,26)/t18-,19+,22+/m0/s1. The first kappa shape index (κ1) is 20.8. The zero-order valence-corrected chi connectivity index (χ0v) is 16.7. The number of carbonyl (C=O) groups is 1. The van der Waals surface area contributed by atoms with Gasteiger partial charge in [-0.2, -0.15) is 0 Å². The molecule has 0 bridgehead atoms. The molecule has 1 aromatic heterocycles. The van der Waals surface area contributed by atoms with E-state index in [1.807, 2.05) is 13.0 Å². The maximum absolute atomic E-state index is 12.8. The van der Waals surface area contributed by atoms with Crippen LogP contribution in [0.3, 0.4) is 0 Å². The lowest BCUT2D eigenvalue weighted by Gasteiger charge is -2.41. The van der Waals surface area contributed by atoms with Crippen LogP contribution in [-0.2, 0) is 14.3 Å². The quantitative estimate of drug-likeness (QED) is 0.706. The molecule has 1 fully saturated rings. The number of amides is 1. The molecule has 154 valence electrons. The summed E-state index contributed by atoms with van der Waals surface area (Å²) < 4.78 is 11.9. The maximum atomic E-state index is 12.8. The molecule has 2 N–H and O–H groups in total. The average molecular weight is 389 g/mol. The van der Waals surface area contributed by atoms with Gasteiger partial charge in [-0.15, -0.1) is 0 Å². The Kier molecular flexibility index (Phi) is 7.86. The van der Waals surface area contributed by atoms with Gasteiger partial charge in [-0.3, -0.25) is 9.78 Å². The van der Waals surface area contributed by atoms with Gasteiger partial charge in [-0.1, -0.05) is 19.3 Å². The molecule has 0 saturated heterocycles. The lowest BCUT2D eigenvalue weighted by Crippen LogP contribution is -2.41. The Morgan fingerprint density at radius 2 is 2.18 bits per heavy atom. The van der Waals surface area contributed by atoms with E-state index in [-0.39, 0.29) is 24.3 Å². The largest absolute Gasteiger partial charge is 0.459 e. The van der Waals surface area contributed by atoms with Crippen LogP contribution in [0, 0.1) is 17.8 Å². The van der Waals surface area contributed by atoms with Crippen LogP contribution in [0.4, 0.5) is 5.69 Å². The van der Waals surface area contributed by atoms with Gasteiger partial charge >= 0.3 is 0 Å². The van der Waals surface area contributed by atoms with Crippen molar-refractivity contribution in [3.8, 4) is 0 Å². The first-order valence-electron chi connectivity index (χ1n) is 10.5. The minimum absolute atomic E-state index is 0.158. The Hall–Kier alpha value is -1.92. The summed E-state index contributed by atoms with van der Waals surface area (Å²) in [6.45, 7) is 2.62. The summed E-state index contributed by atoms with van der Waals surface area (Å²) in [5.41, 5.74) is 0.640. The molecule has 1 aromatic rings. The van der Waals surface area contributed by atoms with Gasteiger partial charge in [0.25, 0.3) is 5.91 Å². The highest BCUT2D eigenvalue weighted by atomic mass is 16.7. The SMILES string of the molecule is CCO[C@@H]1OC(C(=O)Nc2cccnc2)=C[C@H](C2CCCCC2)[C@@H]1CCCO. The van der Waals surface area contributed by atoms with E-state index < -0.39 is 6.29 Å². The molecule has 3 rings (SSSR count). The van der Waals surface area contributed by atoms with Gasteiger partial charge in [-0.05, 0) is 62.7 Å². The smallest absolute Gasteiger partial charge is 0.290 e. The molecule has 0 unspecified atom stereocenters. The van der Waals surface area contributed by atoms with E-state index in [4.69, 9.17) is 9.47 Å². The molecule has 1 aliphatic heterocycles. The van der Waals surface area contributed by atoms with E-state index in [2.05, 4.69) is 10.3 Å². The number of aliphatic hydroxyl groups is 1. The molecule has 3 atom stereocenters. The highest BCUT2D eigenvalue weighted by molar-refractivity contribution is 6.02. The van der Waals surface area contributed by atoms with Crippen LogP contribution < -0.4 is 5.32 Å². The van der Waals surface area contributed by atoms with Crippen LogP contribution in [-0.4, -0.2) is 35.5 Å². The van der Waals surface area contributed by atoms with Gasteiger partial charge in [0.15, 0.2) is 5.76 Å². The number of carbonyl (C=O) groups excluding carboxylic acids is 1. The fourth-order valence-electron chi connectivity index (χ4n) is 4.47. The third kappa shape index (κ3) is 5.32. The number of nitrogens with zero attached hydrogens (tertiary/aromatic N) is 1. The number of aromatic nitrogens is 1. The Morgan fingerprint density at radius 3 is 2.86 bits per heavy atom. The second-order valence-corrected chi connectivity index (χ2v) is 7.67. The number of hydrogen-bond acceptors (Lipinski definition) is 5. The van der Waals surface area contributed by atoms with E-state index >= 15 is 0 Å². The number of rotatable bonds is 8. The van der Waals surface area contributed by atoms with Crippen molar-refractivity contribution in [2.24, 2.45) is 17.8 Å². The van der Waals surface area contributed by atoms with Crippen molar-refractivity contribution < 1.29 is 19.4 Å². The van der Waals surface area contributed by atoms with Gasteiger partial charge in [0.2, 0.25) is 6.29 Å². The zero-order chi connectivity index (χ0) is 19.8. The maximum Gasteiger partial charge on any atom is 0.290 e. The second-order valence-electron chi connectivity index (χ2n) is 7.67. The molecule has 28 heavy (non-hydrogen) atoms. The summed E-state index contributed by atoms with van der Waals surface area (Å²) in [5, 5.41) is 12.2. The van der Waals surface area contributed by atoms with Crippen molar-refractivity contribution in [3.63, 3.8) is 0 Å². The number of pyridine rings is 1. The molecule has 2 heterocycles. The number of allylic oxidation sites excluding steroid dienone is 1. The fourth-order valence-corrected chi connectivity index (χ4v) is 4.47. The molecule has 1 aliphatic carbocycles. The summed E-state index contributed by atoms with van der Waals surface area (Å²) in [7, 11) is 0. The molecule has 1 amide bonds. The van der Waals surface area contributed by atoms with Gasteiger partial charge in [0, 0.05) is 25.3 Å². The van der Waals surface area contributed by atoms with Crippen molar-refractivity contribution in [2.45, 2.75) is 58.2 Å². The fraction of sp³-hybridized carbons (Fsp3) is 0.636. The lowest BCUT2D eigenvalue weighted by atomic mass is 9.71. The number of ether oxygens (including phenoxy) is 2. The lowest BCUT2D eigenvalue weighted by molar-refractivity contribution is -0.175. The Morgan fingerprint density at radius 1 is 1.36 bits per heavy atom. The van der Waals surface area contributed by atoms with Crippen LogP contribution in [0.2, 0.25) is 0 Å². The predicted molar refractivity (Wildman–Crippen MR) is 107 cm³/mol. The normalized spacial score (nSPS) is 25.6. The van der Waals surface area contributed by atoms with Crippen LogP contribution >= 0.6 is 0 Å². The van der Waals surface area contributed by atoms with Crippen molar-refractivity contribution >= 4 is 11.6 Å². The Bertz CT molecular complexity index is 643. The van der Waals surface area contributed by atoms with Crippen molar-refractivity contribution in [1.29, 1.82) is 0 Å².